The van der Waals surface area contributed by atoms with Gasteiger partial charge in [0.2, 0.25) is 0 Å². The molecule has 2 saturated heterocycles. The topological polar surface area (TPSA) is 113 Å². The molecule has 2 unspecified atom stereocenters. The maximum absolute atomic E-state index is 11.9. The fourth-order valence-electron chi connectivity index (χ4n) is 2.54. The van der Waals surface area contributed by atoms with Gasteiger partial charge in [0.25, 0.3) is 0 Å². The summed E-state index contributed by atoms with van der Waals surface area (Å²) in [5, 5.41) is 0. The predicted octanol–water partition coefficient (Wildman–Crippen LogP) is -1.48. The Hall–Kier alpha value is -1.67. The molecular formula is C11H15N3O5. The molecule has 2 fully saturated rings. The molecule has 0 saturated carbocycles. The summed E-state index contributed by atoms with van der Waals surface area (Å²) in [5.41, 5.74) is -2.91. The molecule has 0 aliphatic carbocycles. The van der Waals surface area contributed by atoms with Gasteiger partial charge in [0, 0.05) is 0 Å². The van der Waals surface area contributed by atoms with E-state index in [0.29, 0.717) is 26.1 Å². The van der Waals surface area contributed by atoms with Gasteiger partial charge in [0.1, 0.15) is 0 Å². The van der Waals surface area contributed by atoms with Crippen LogP contribution in [0.25, 0.3) is 0 Å². The number of H-pyrrole nitrogens is 2. The van der Waals surface area contributed by atoms with Crippen molar-refractivity contribution in [2.24, 2.45) is 0 Å². The second-order valence-corrected chi connectivity index (χ2v) is 5.34. The van der Waals surface area contributed by atoms with Crippen LogP contribution in [0.5, 0.6) is 0 Å². The number of rotatable bonds is 5. The number of nitrogens with zero attached hydrogens (tertiary/aromatic N) is 1. The van der Waals surface area contributed by atoms with Crippen LogP contribution in [0.15, 0.2) is 14.4 Å². The molecule has 19 heavy (non-hydrogen) atoms. The Kier molecular flexibility index (Phi) is 2.72. The fraction of sp³-hybridized carbons (Fsp3) is 0.727. The Morgan fingerprint density at radius 2 is 1.53 bits per heavy atom. The summed E-state index contributed by atoms with van der Waals surface area (Å²) in [6.45, 7) is 3.08. The second kappa shape index (κ2) is 4.17. The number of nitrogens with one attached hydrogen (secondary N) is 2. The van der Waals surface area contributed by atoms with Gasteiger partial charge in [-0.25, -0.2) is 19.0 Å². The maximum Gasteiger partial charge on any atom is 0.334 e. The lowest BCUT2D eigenvalue weighted by Crippen LogP contribution is -2.53. The summed E-state index contributed by atoms with van der Waals surface area (Å²) in [5.74, 6) is 0. The smallest absolute Gasteiger partial charge is 0.334 e. The monoisotopic (exact) mass is 269 g/mol. The highest BCUT2D eigenvalue weighted by Gasteiger charge is 2.42. The van der Waals surface area contributed by atoms with Crippen molar-refractivity contribution in [3.8, 4) is 0 Å². The van der Waals surface area contributed by atoms with Gasteiger partial charge in [-0.1, -0.05) is 0 Å². The van der Waals surface area contributed by atoms with E-state index in [1.807, 2.05) is 6.92 Å². The van der Waals surface area contributed by atoms with Crippen LogP contribution >= 0.6 is 0 Å². The molecule has 2 N–H and O–H groups in total. The summed E-state index contributed by atoms with van der Waals surface area (Å²) in [6.07, 6.45) is 1.20. The van der Waals surface area contributed by atoms with E-state index >= 15 is 0 Å². The van der Waals surface area contributed by atoms with E-state index in [0.717, 1.165) is 4.57 Å². The van der Waals surface area contributed by atoms with Crippen molar-refractivity contribution in [3.05, 3.63) is 31.5 Å². The third-order valence-corrected chi connectivity index (χ3v) is 3.53. The van der Waals surface area contributed by atoms with Crippen molar-refractivity contribution in [1.29, 1.82) is 0 Å². The van der Waals surface area contributed by atoms with E-state index in [4.69, 9.17) is 9.47 Å². The lowest BCUT2D eigenvalue weighted by Gasteiger charge is -2.29. The minimum absolute atomic E-state index is 0.0574. The van der Waals surface area contributed by atoms with Gasteiger partial charge >= 0.3 is 17.1 Å². The molecule has 8 nitrogen and oxygen atoms in total. The standard InChI is InChI=1S/C11H15N3O5/c1-11(2-6-4-18-6,3-7-5-19-7)14-9(16)12-8(15)13-10(14)17/h6-7H,2-5H2,1H3,(H2,12,13,15,16,17). The number of hydrogen-bond donors (Lipinski definition) is 2. The zero-order valence-corrected chi connectivity index (χ0v) is 10.5. The Morgan fingerprint density at radius 1 is 1.11 bits per heavy atom. The van der Waals surface area contributed by atoms with Gasteiger partial charge in [-0.2, -0.15) is 0 Å². The van der Waals surface area contributed by atoms with E-state index in [1.165, 1.54) is 0 Å². The van der Waals surface area contributed by atoms with Crippen LogP contribution in [0.2, 0.25) is 0 Å². The summed E-state index contributed by atoms with van der Waals surface area (Å²) in [4.78, 5) is 39.1. The molecule has 3 rings (SSSR count). The van der Waals surface area contributed by atoms with Crippen molar-refractivity contribution < 1.29 is 9.47 Å². The number of epoxide rings is 2. The van der Waals surface area contributed by atoms with Crippen molar-refractivity contribution in [2.75, 3.05) is 13.2 Å². The van der Waals surface area contributed by atoms with E-state index < -0.39 is 22.6 Å². The van der Waals surface area contributed by atoms with E-state index in [-0.39, 0.29) is 12.2 Å². The summed E-state index contributed by atoms with van der Waals surface area (Å²) < 4.78 is 11.4. The zero-order valence-electron chi connectivity index (χ0n) is 10.5. The molecule has 0 amide bonds. The van der Waals surface area contributed by atoms with Crippen LogP contribution in [0, 0.1) is 0 Å². The fourth-order valence-corrected chi connectivity index (χ4v) is 2.54. The largest absolute Gasteiger partial charge is 0.373 e. The molecule has 1 aromatic heterocycles. The van der Waals surface area contributed by atoms with Crippen molar-refractivity contribution in [3.63, 3.8) is 0 Å². The molecule has 0 aromatic carbocycles. The summed E-state index contributed by atoms with van der Waals surface area (Å²) >= 11 is 0. The van der Waals surface area contributed by atoms with Crippen LogP contribution in [-0.4, -0.2) is 40.0 Å². The third-order valence-electron chi connectivity index (χ3n) is 3.53. The number of aromatic amines is 2. The lowest BCUT2D eigenvalue weighted by atomic mass is 9.90. The first-order valence-electron chi connectivity index (χ1n) is 6.17. The Morgan fingerprint density at radius 3 is 1.89 bits per heavy atom. The molecule has 0 bridgehead atoms. The molecule has 2 atom stereocenters. The number of hydrogen-bond acceptors (Lipinski definition) is 5. The molecule has 8 heteroatoms. The van der Waals surface area contributed by atoms with Gasteiger partial charge in [-0.15, -0.1) is 0 Å². The van der Waals surface area contributed by atoms with Gasteiger partial charge in [-0.3, -0.25) is 9.97 Å². The number of ether oxygens (including phenoxy) is 2. The Bertz CT molecular complexity index is 601. The van der Waals surface area contributed by atoms with Crippen molar-refractivity contribution in [1.82, 2.24) is 14.5 Å². The van der Waals surface area contributed by atoms with Crippen molar-refractivity contribution in [2.45, 2.75) is 37.5 Å². The van der Waals surface area contributed by atoms with Crippen LogP contribution in [-0.2, 0) is 15.0 Å². The Balaban J connectivity index is 2.04. The number of aromatic nitrogens is 3. The quantitative estimate of drug-likeness (QED) is 0.633. The molecule has 104 valence electrons. The van der Waals surface area contributed by atoms with Gasteiger partial charge in [0.15, 0.2) is 0 Å². The predicted molar refractivity (Wildman–Crippen MR) is 64.3 cm³/mol. The first-order valence-corrected chi connectivity index (χ1v) is 6.17. The van der Waals surface area contributed by atoms with Gasteiger partial charge < -0.3 is 9.47 Å². The lowest BCUT2D eigenvalue weighted by molar-refractivity contribution is 0.196. The molecule has 3 heterocycles. The van der Waals surface area contributed by atoms with Crippen LogP contribution in [0.1, 0.15) is 19.8 Å². The van der Waals surface area contributed by atoms with E-state index in [1.54, 1.807) is 0 Å². The van der Waals surface area contributed by atoms with E-state index in [2.05, 4.69) is 9.97 Å². The zero-order chi connectivity index (χ0) is 13.6. The van der Waals surface area contributed by atoms with Crippen LogP contribution in [0.3, 0.4) is 0 Å². The average Bonchev–Trinajstić information content (AvgIpc) is 3.13. The summed E-state index contributed by atoms with van der Waals surface area (Å²) in [7, 11) is 0. The highest BCUT2D eigenvalue weighted by atomic mass is 16.6. The first-order chi connectivity index (χ1) is 8.98. The molecule has 0 radical (unpaired) electrons. The minimum Gasteiger partial charge on any atom is -0.373 e. The van der Waals surface area contributed by atoms with Crippen LogP contribution < -0.4 is 17.1 Å². The molecule has 2 aliphatic heterocycles. The normalized spacial score (nSPS) is 27.8. The Labute approximate surface area is 107 Å². The highest BCUT2D eigenvalue weighted by molar-refractivity contribution is 4.94. The minimum atomic E-state index is -0.793. The van der Waals surface area contributed by atoms with Gasteiger partial charge in [0.05, 0.1) is 31.0 Å². The first kappa shape index (κ1) is 12.4. The van der Waals surface area contributed by atoms with Crippen LogP contribution in [0.4, 0.5) is 0 Å². The highest BCUT2D eigenvalue weighted by Crippen LogP contribution is 2.34. The molecule has 1 aromatic rings. The second-order valence-electron chi connectivity index (χ2n) is 5.34. The molecule has 0 spiro atoms. The SMILES string of the molecule is CC(CC1CO1)(CC1CO1)n1c(=O)[nH]c(=O)[nH]c1=O. The third kappa shape index (κ3) is 2.54. The van der Waals surface area contributed by atoms with E-state index in [9.17, 15) is 14.4 Å². The average molecular weight is 269 g/mol. The van der Waals surface area contributed by atoms with Crippen molar-refractivity contribution >= 4 is 0 Å². The maximum atomic E-state index is 11.9. The summed E-state index contributed by atoms with van der Waals surface area (Å²) in [6, 6.07) is 0. The molecule has 2 aliphatic rings. The van der Waals surface area contributed by atoms with Gasteiger partial charge in [-0.05, 0) is 19.8 Å². The molecular weight excluding hydrogens is 254 g/mol.